The molecule has 2 unspecified atom stereocenters. The van der Waals surface area contributed by atoms with Gasteiger partial charge in [0.2, 0.25) is 0 Å². The Morgan fingerprint density at radius 3 is 2.81 bits per heavy atom. The van der Waals surface area contributed by atoms with Crippen molar-refractivity contribution in [3.63, 3.8) is 0 Å². The van der Waals surface area contributed by atoms with Gasteiger partial charge in [0, 0.05) is 44.9 Å². The third-order valence-corrected chi connectivity index (χ3v) is 3.67. The van der Waals surface area contributed by atoms with Crippen molar-refractivity contribution in [3.05, 3.63) is 23.3 Å². The lowest BCUT2D eigenvalue weighted by Gasteiger charge is -2.16. The van der Waals surface area contributed by atoms with E-state index in [1.165, 1.54) is 5.56 Å². The highest BCUT2D eigenvalue weighted by Gasteiger charge is 2.21. The molecule has 5 heteroatoms. The normalized spacial score (nSPS) is 18.2. The highest BCUT2D eigenvalue weighted by Crippen LogP contribution is 2.34. The highest BCUT2D eigenvalue weighted by molar-refractivity contribution is 5.48. The molecule has 1 heterocycles. The van der Waals surface area contributed by atoms with E-state index in [2.05, 4.69) is 24.4 Å². The number of hydrogen-bond donors (Lipinski definition) is 1. The van der Waals surface area contributed by atoms with E-state index < -0.39 is 0 Å². The molecule has 1 aliphatic heterocycles. The second kappa shape index (κ2) is 7.64. The SMILES string of the molecule is COCC(CNCc1cc2c(cc1OC)CC(C)O2)OC. The van der Waals surface area contributed by atoms with E-state index in [4.69, 9.17) is 18.9 Å². The maximum Gasteiger partial charge on any atom is 0.123 e. The van der Waals surface area contributed by atoms with Crippen molar-refractivity contribution in [2.45, 2.75) is 32.1 Å². The predicted molar refractivity (Wildman–Crippen MR) is 81.2 cm³/mol. The summed E-state index contributed by atoms with van der Waals surface area (Å²) in [6.07, 6.45) is 1.23. The number of benzene rings is 1. The zero-order chi connectivity index (χ0) is 15.2. The van der Waals surface area contributed by atoms with Gasteiger partial charge < -0.3 is 24.3 Å². The molecule has 0 amide bonds. The highest BCUT2D eigenvalue weighted by atomic mass is 16.5. The monoisotopic (exact) mass is 295 g/mol. The number of methoxy groups -OCH3 is 3. The predicted octanol–water partition coefficient (Wildman–Crippen LogP) is 1.77. The Morgan fingerprint density at radius 1 is 1.33 bits per heavy atom. The average molecular weight is 295 g/mol. The van der Waals surface area contributed by atoms with E-state index in [9.17, 15) is 0 Å². The number of nitrogens with one attached hydrogen (secondary N) is 1. The molecule has 1 N–H and O–H groups in total. The largest absolute Gasteiger partial charge is 0.496 e. The zero-order valence-electron chi connectivity index (χ0n) is 13.3. The summed E-state index contributed by atoms with van der Waals surface area (Å²) in [6, 6.07) is 4.15. The van der Waals surface area contributed by atoms with Crippen LogP contribution in [-0.2, 0) is 22.4 Å². The molecule has 0 spiro atoms. The molecule has 1 aromatic carbocycles. The molecule has 2 atom stereocenters. The third-order valence-electron chi connectivity index (χ3n) is 3.67. The van der Waals surface area contributed by atoms with Crippen molar-refractivity contribution >= 4 is 0 Å². The molecule has 0 saturated heterocycles. The quantitative estimate of drug-likeness (QED) is 0.792. The molecule has 0 saturated carbocycles. The summed E-state index contributed by atoms with van der Waals surface area (Å²) >= 11 is 0. The molecular formula is C16H25NO4. The maximum atomic E-state index is 5.81. The molecule has 1 aromatic rings. The van der Waals surface area contributed by atoms with Gasteiger partial charge in [-0.25, -0.2) is 0 Å². The lowest BCUT2D eigenvalue weighted by atomic mass is 10.1. The van der Waals surface area contributed by atoms with Crippen LogP contribution in [0.5, 0.6) is 11.5 Å². The van der Waals surface area contributed by atoms with Crippen LogP contribution in [0.3, 0.4) is 0 Å². The van der Waals surface area contributed by atoms with Gasteiger partial charge in [0.1, 0.15) is 17.6 Å². The van der Waals surface area contributed by atoms with Crippen molar-refractivity contribution in [2.24, 2.45) is 0 Å². The Morgan fingerprint density at radius 2 is 2.14 bits per heavy atom. The van der Waals surface area contributed by atoms with Crippen molar-refractivity contribution in [3.8, 4) is 11.5 Å². The Labute approximate surface area is 126 Å². The van der Waals surface area contributed by atoms with Gasteiger partial charge in [0.25, 0.3) is 0 Å². The van der Waals surface area contributed by atoms with Gasteiger partial charge in [-0.3, -0.25) is 0 Å². The van der Waals surface area contributed by atoms with Crippen LogP contribution in [0.25, 0.3) is 0 Å². The summed E-state index contributed by atoms with van der Waals surface area (Å²) in [5.74, 6) is 1.87. The summed E-state index contributed by atoms with van der Waals surface area (Å²) in [4.78, 5) is 0. The molecule has 0 fully saturated rings. The second-order valence-electron chi connectivity index (χ2n) is 5.35. The van der Waals surface area contributed by atoms with Crippen LogP contribution in [-0.4, -0.2) is 46.7 Å². The Kier molecular flexibility index (Phi) is 5.85. The summed E-state index contributed by atoms with van der Waals surface area (Å²) in [5, 5.41) is 3.37. The van der Waals surface area contributed by atoms with E-state index in [1.54, 1.807) is 21.3 Å². The molecule has 0 aliphatic carbocycles. The summed E-state index contributed by atoms with van der Waals surface area (Å²) in [7, 11) is 5.07. The number of rotatable bonds is 8. The van der Waals surface area contributed by atoms with Crippen molar-refractivity contribution in [1.82, 2.24) is 5.32 Å². The van der Waals surface area contributed by atoms with Crippen LogP contribution in [0.1, 0.15) is 18.1 Å². The molecule has 0 radical (unpaired) electrons. The minimum absolute atomic E-state index is 0.0479. The fraction of sp³-hybridized carbons (Fsp3) is 0.625. The molecule has 0 bridgehead atoms. The fourth-order valence-corrected chi connectivity index (χ4v) is 2.57. The molecule has 5 nitrogen and oxygen atoms in total. The molecule has 118 valence electrons. The third kappa shape index (κ3) is 4.09. The van der Waals surface area contributed by atoms with Crippen LogP contribution < -0.4 is 14.8 Å². The fourth-order valence-electron chi connectivity index (χ4n) is 2.57. The Bertz CT molecular complexity index is 464. The molecule has 0 aromatic heterocycles. The first-order valence-electron chi connectivity index (χ1n) is 7.26. The summed E-state index contributed by atoms with van der Waals surface area (Å²) < 4.78 is 21.7. The molecule has 21 heavy (non-hydrogen) atoms. The van der Waals surface area contributed by atoms with Gasteiger partial charge >= 0.3 is 0 Å². The van der Waals surface area contributed by atoms with Crippen molar-refractivity contribution in [1.29, 1.82) is 0 Å². The maximum absolute atomic E-state index is 5.81. The van der Waals surface area contributed by atoms with E-state index in [-0.39, 0.29) is 12.2 Å². The summed E-state index contributed by atoms with van der Waals surface area (Å²) in [5.41, 5.74) is 2.31. The topological polar surface area (TPSA) is 49.0 Å². The van der Waals surface area contributed by atoms with Gasteiger partial charge in [0.05, 0.1) is 19.8 Å². The van der Waals surface area contributed by atoms with Crippen LogP contribution in [0, 0.1) is 0 Å². The van der Waals surface area contributed by atoms with Crippen molar-refractivity contribution in [2.75, 3.05) is 34.5 Å². The van der Waals surface area contributed by atoms with Crippen LogP contribution in [0.15, 0.2) is 12.1 Å². The lowest BCUT2D eigenvalue weighted by Crippen LogP contribution is -2.31. The van der Waals surface area contributed by atoms with Gasteiger partial charge in [0.15, 0.2) is 0 Å². The first-order chi connectivity index (χ1) is 10.2. The van der Waals surface area contributed by atoms with Crippen LogP contribution in [0.2, 0.25) is 0 Å². The molecule has 1 aliphatic rings. The van der Waals surface area contributed by atoms with Gasteiger partial charge in [-0.1, -0.05) is 0 Å². The van der Waals surface area contributed by atoms with Gasteiger partial charge in [-0.15, -0.1) is 0 Å². The van der Waals surface area contributed by atoms with Gasteiger partial charge in [-0.2, -0.15) is 0 Å². The standard InChI is InChI=1S/C16H25NO4/c1-11-5-12-6-15(20-4)13(7-16(12)21-11)8-17-9-14(19-3)10-18-2/h6-7,11,14,17H,5,8-10H2,1-4H3. The smallest absolute Gasteiger partial charge is 0.123 e. The summed E-state index contributed by atoms with van der Waals surface area (Å²) in [6.45, 7) is 4.09. The zero-order valence-corrected chi connectivity index (χ0v) is 13.3. The van der Waals surface area contributed by atoms with E-state index in [1.807, 2.05) is 0 Å². The average Bonchev–Trinajstić information content (AvgIpc) is 2.84. The first-order valence-corrected chi connectivity index (χ1v) is 7.26. The Hall–Kier alpha value is -1.30. The van der Waals surface area contributed by atoms with E-state index in [0.717, 1.165) is 30.0 Å². The second-order valence-corrected chi connectivity index (χ2v) is 5.35. The molecule has 2 rings (SSSR count). The van der Waals surface area contributed by atoms with Gasteiger partial charge in [-0.05, 0) is 19.1 Å². The van der Waals surface area contributed by atoms with Crippen LogP contribution >= 0.6 is 0 Å². The first kappa shape index (κ1) is 16.1. The van der Waals surface area contributed by atoms with Crippen molar-refractivity contribution < 1.29 is 18.9 Å². The molecular weight excluding hydrogens is 270 g/mol. The number of ether oxygens (including phenoxy) is 4. The van der Waals surface area contributed by atoms with E-state index in [0.29, 0.717) is 13.2 Å². The lowest BCUT2D eigenvalue weighted by molar-refractivity contribution is 0.0287. The Balaban J connectivity index is 1.98. The number of fused-ring (bicyclic) bond motifs is 1. The van der Waals surface area contributed by atoms with Crippen LogP contribution in [0.4, 0.5) is 0 Å². The number of hydrogen-bond acceptors (Lipinski definition) is 5. The minimum Gasteiger partial charge on any atom is -0.496 e. The van der Waals surface area contributed by atoms with E-state index >= 15 is 0 Å². The minimum atomic E-state index is 0.0479.